The van der Waals surface area contributed by atoms with Crippen molar-refractivity contribution in [2.75, 3.05) is 27.2 Å². The summed E-state index contributed by atoms with van der Waals surface area (Å²) in [6.07, 6.45) is 3.98. The zero-order chi connectivity index (χ0) is 22.0. The zero-order valence-electron chi connectivity index (χ0n) is 17.1. The molecule has 0 N–H and O–H groups in total. The van der Waals surface area contributed by atoms with Crippen LogP contribution in [0.25, 0.3) is 28.2 Å². The highest BCUT2D eigenvalue weighted by Crippen LogP contribution is 2.40. The third-order valence-electron chi connectivity index (χ3n) is 4.83. The topological polar surface area (TPSA) is 42.7 Å². The van der Waals surface area contributed by atoms with Gasteiger partial charge < -0.3 is 9.64 Å². The minimum absolute atomic E-state index is 0.0324. The fourth-order valence-electron chi connectivity index (χ4n) is 3.46. The van der Waals surface area contributed by atoms with Gasteiger partial charge in [-0.05, 0) is 26.1 Å². The van der Waals surface area contributed by atoms with E-state index in [9.17, 15) is 0 Å². The molecular formula is C23H21ClF2N4O. The summed E-state index contributed by atoms with van der Waals surface area (Å²) in [4.78, 5) is 10.4. The van der Waals surface area contributed by atoms with Gasteiger partial charge in [0.25, 0.3) is 0 Å². The molecule has 0 saturated heterocycles. The number of halogens is 3. The van der Waals surface area contributed by atoms with Gasteiger partial charge in [0.2, 0.25) is 5.78 Å². The van der Waals surface area contributed by atoms with Crippen molar-refractivity contribution >= 4 is 17.4 Å². The van der Waals surface area contributed by atoms with Crippen LogP contribution in [-0.2, 0) is 0 Å². The molecule has 0 amide bonds. The van der Waals surface area contributed by atoms with Crippen molar-refractivity contribution in [3.8, 4) is 28.1 Å². The number of nitrogens with zero attached hydrogens (tertiary/aromatic N) is 4. The summed E-state index contributed by atoms with van der Waals surface area (Å²) in [6, 6.07) is 11.6. The number of benzene rings is 2. The summed E-state index contributed by atoms with van der Waals surface area (Å²) in [6.45, 7) is 1.17. The summed E-state index contributed by atoms with van der Waals surface area (Å²) >= 11 is 6.43. The van der Waals surface area contributed by atoms with Crippen LogP contribution in [0.15, 0.2) is 54.9 Å². The van der Waals surface area contributed by atoms with E-state index in [4.69, 9.17) is 16.3 Å². The summed E-state index contributed by atoms with van der Waals surface area (Å²) in [5.74, 6) is -1.08. The first kappa shape index (κ1) is 21.2. The molecule has 4 aromatic rings. The molecule has 0 fully saturated rings. The predicted octanol–water partition coefficient (Wildman–Crippen LogP) is 5.33. The Morgan fingerprint density at radius 1 is 1.06 bits per heavy atom. The van der Waals surface area contributed by atoms with E-state index in [0.29, 0.717) is 18.1 Å². The van der Waals surface area contributed by atoms with E-state index in [1.165, 1.54) is 12.1 Å². The van der Waals surface area contributed by atoms with Gasteiger partial charge in [-0.25, -0.2) is 13.8 Å². The van der Waals surface area contributed by atoms with Crippen molar-refractivity contribution in [1.29, 1.82) is 0 Å². The Morgan fingerprint density at radius 3 is 2.45 bits per heavy atom. The standard InChI is InChI=1S/C23H21ClF2N4O/c1-29(2)10-6-12-31-16-13-17(25)19(18(26)14-16)20-21(15-7-4-3-5-8-15)30-11-9-27-23(30)28-22(20)24/h3-5,7-9,11,13-14H,6,10,12H2,1-2H3. The molecule has 31 heavy (non-hydrogen) atoms. The zero-order valence-corrected chi connectivity index (χ0v) is 17.9. The highest BCUT2D eigenvalue weighted by Gasteiger charge is 2.24. The minimum Gasteiger partial charge on any atom is -0.493 e. The van der Waals surface area contributed by atoms with Gasteiger partial charge in [0.15, 0.2) is 0 Å². The largest absolute Gasteiger partial charge is 0.493 e. The van der Waals surface area contributed by atoms with Gasteiger partial charge in [-0.2, -0.15) is 4.98 Å². The molecule has 0 aliphatic carbocycles. The lowest BCUT2D eigenvalue weighted by molar-refractivity contribution is 0.279. The first-order valence-electron chi connectivity index (χ1n) is 9.80. The molecule has 2 heterocycles. The quantitative estimate of drug-likeness (QED) is 0.287. The van der Waals surface area contributed by atoms with Crippen LogP contribution in [0.4, 0.5) is 8.78 Å². The Kier molecular flexibility index (Phi) is 6.15. The number of hydrogen-bond donors (Lipinski definition) is 0. The van der Waals surface area contributed by atoms with Crippen LogP contribution in [0.1, 0.15) is 6.42 Å². The van der Waals surface area contributed by atoms with Crippen molar-refractivity contribution in [2.45, 2.75) is 6.42 Å². The Hall–Kier alpha value is -3.03. The number of fused-ring (bicyclic) bond motifs is 1. The van der Waals surface area contributed by atoms with Crippen LogP contribution in [0.2, 0.25) is 5.15 Å². The van der Waals surface area contributed by atoms with Crippen LogP contribution >= 0.6 is 11.6 Å². The van der Waals surface area contributed by atoms with Crippen molar-refractivity contribution in [1.82, 2.24) is 19.3 Å². The summed E-state index contributed by atoms with van der Waals surface area (Å²) < 4.78 is 37.6. The van der Waals surface area contributed by atoms with Gasteiger partial charge >= 0.3 is 0 Å². The molecule has 5 nitrogen and oxygen atoms in total. The van der Waals surface area contributed by atoms with E-state index in [1.54, 1.807) is 16.8 Å². The molecule has 4 rings (SSSR count). The number of rotatable bonds is 7. The molecule has 0 aliphatic rings. The van der Waals surface area contributed by atoms with E-state index in [0.717, 1.165) is 18.5 Å². The molecule has 8 heteroatoms. The average Bonchev–Trinajstić information content (AvgIpc) is 3.19. The maximum Gasteiger partial charge on any atom is 0.235 e. The molecule has 0 radical (unpaired) electrons. The van der Waals surface area contributed by atoms with E-state index in [2.05, 4.69) is 9.97 Å². The Bertz CT molecular complexity index is 1190. The van der Waals surface area contributed by atoms with Crippen molar-refractivity contribution < 1.29 is 13.5 Å². The van der Waals surface area contributed by atoms with Gasteiger partial charge in [-0.3, -0.25) is 4.40 Å². The molecule has 0 spiro atoms. The lowest BCUT2D eigenvalue weighted by Gasteiger charge is -2.16. The highest BCUT2D eigenvalue weighted by molar-refractivity contribution is 6.33. The molecule has 2 aromatic carbocycles. The second kappa shape index (κ2) is 8.99. The Labute approximate surface area is 183 Å². The van der Waals surface area contributed by atoms with E-state index in [1.807, 2.05) is 49.3 Å². The lowest BCUT2D eigenvalue weighted by atomic mass is 9.99. The van der Waals surface area contributed by atoms with Crippen LogP contribution in [0, 0.1) is 11.6 Å². The maximum absolute atomic E-state index is 15.2. The Balaban J connectivity index is 1.81. The van der Waals surface area contributed by atoms with Crippen LogP contribution < -0.4 is 4.74 Å². The first-order chi connectivity index (χ1) is 15.0. The summed E-state index contributed by atoms with van der Waals surface area (Å²) in [5, 5.41) is -0.0324. The normalized spacial score (nSPS) is 11.4. The molecule has 0 atom stereocenters. The predicted molar refractivity (Wildman–Crippen MR) is 117 cm³/mol. The van der Waals surface area contributed by atoms with Gasteiger partial charge in [-0.15, -0.1) is 0 Å². The third kappa shape index (κ3) is 4.38. The molecular weight excluding hydrogens is 422 g/mol. The second-order valence-corrected chi connectivity index (χ2v) is 7.71. The van der Waals surface area contributed by atoms with Crippen LogP contribution in [0.5, 0.6) is 5.75 Å². The van der Waals surface area contributed by atoms with Crippen molar-refractivity contribution in [3.63, 3.8) is 0 Å². The van der Waals surface area contributed by atoms with Gasteiger partial charge in [0.1, 0.15) is 22.5 Å². The smallest absolute Gasteiger partial charge is 0.235 e. The Morgan fingerprint density at radius 2 is 1.77 bits per heavy atom. The van der Waals surface area contributed by atoms with E-state index in [-0.39, 0.29) is 22.0 Å². The lowest BCUT2D eigenvalue weighted by Crippen LogP contribution is -2.15. The fourth-order valence-corrected chi connectivity index (χ4v) is 3.72. The molecule has 0 saturated carbocycles. The second-order valence-electron chi connectivity index (χ2n) is 7.36. The van der Waals surface area contributed by atoms with Crippen LogP contribution in [-0.4, -0.2) is 46.5 Å². The van der Waals surface area contributed by atoms with Gasteiger partial charge in [0.05, 0.1) is 17.9 Å². The number of imidazole rings is 1. The van der Waals surface area contributed by atoms with Crippen molar-refractivity contribution in [3.05, 3.63) is 71.6 Å². The van der Waals surface area contributed by atoms with Crippen LogP contribution in [0.3, 0.4) is 0 Å². The highest BCUT2D eigenvalue weighted by atomic mass is 35.5. The monoisotopic (exact) mass is 442 g/mol. The molecule has 160 valence electrons. The third-order valence-corrected chi connectivity index (χ3v) is 5.11. The first-order valence-corrected chi connectivity index (χ1v) is 10.2. The molecule has 0 unspecified atom stereocenters. The summed E-state index contributed by atoms with van der Waals surface area (Å²) in [7, 11) is 3.90. The SMILES string of the molecule is CN(C)CCCOc1cc(F)c(-c2c(Cl)nc3nccn3c2-c2ccccc2)c(F)c1. The minimum atomic E-state index is -0.775. The molecule has 2 aromatic heterocycles. The van der Waals surface area contributed by atoms with Gasteiger partial charge in [-0.1, -0.05) is 41.9 Å². The molecule has 0 bridgehead atoms. The number of ether oxygens (including phenoxy) is 1. The maximum atomic E-state index is 15.2. The summed E-state index contributed by atoms with van der Waals surface area (Å²) in [5.41, 5.74) is 1.14. The van der Waals surface area contributed by atoms with Gasteiger partial charge in [0, 0.05) is 36.6 Å². The van der Waals surface area contributed by atoms with Crippen molar-refractivity contribution in [2.24, 2.45) is 0 Å². The fraction of sp³-hybridized carbons (Fsp3) is 0.217. The number of hydrogen-bond acceptors (Lipinski definition) is 4. The van der Waals surface area contributed by atoms with E-state index >= 15 is 8.78 Å². The number of aromatic nitrogens is 3. The average molecular weight is 443 g/mol. The van der Waals surface area contributed by atoms with E-state index < -0.39 is 11.6 Å². The molecule has 0 aliphatic heterocycles.